The Morgan fingerprint density at radius 2 is 1.36 bits per heavy atom. The van der Waals surface area contributed by atoms with Crippen LogP contribution in [0.4, 0.5) is 0 Å². The van der Waals surface area contributed by atoms with Crippen LogP contribution < -0.4 is 5.73 Å². The molecule has 0 atom stereocenters. The quantitative estimate of drug-likeness (QED) is 0.579. The third-order valence-electron chi connectivity index (χ3n) is 2.88. The van der Waals surface area contributed by atoms with Crippen LogP contribution in [0, 0.1) is 0 Å². The highest BCUT2D eigenvalue weighted by Gasteiger charge is 2.65. The molecule has 3 nitrogen and oxygen atoms in total. The van der Waals surface area contributed by atoms with Gasteiger partial charge in [-0.2, -0.15) is 0 Å². The Bertz CT molecular complexity index is 255. The van der Waals surface area contributed by atoms with E-state index in [-0.39, 0.29) is 6.04 Å². The first kappa shape index (κ1) is 9.00. The summed E-state index contributed by atoms with van der Waals surface area (Å²) in [6.07, 6.45) is 0. The van der Waals surface area contributed by atoms with Gasteiger partial charge in [-0.1, -0.05) is 0 Å². The van der Waals surface area contributed by atoms with Gasteiger partial charge in [0.15, 0.2) is 9.84 Å². The van der Waals surface area contributed by atoms with Crippen molar-refractivity contribution in [2.24, 2.45) is 5.73 Å². The predicted octanol–water partition coefficient (Wildman–Crippen LogP) is 0.299. The van der Waals surface area contributed by atoms with Gasteiger partial charge >= 0.3 is 0 Å². The summed E-state index contributed by atoms with van der Waals surface area (Å²) in [5.41, 5.74) is 5.73. The summed E-state index contributed by atoms with van der Waals surface area (Å²) in [4.78, 5) is 0. The highest BCUT2D eigenvalue weighted by atomic mass is 32.2. The topological polar surface area (TPSA) is 60.2 Å². The van der Waals surface area contributed by atoms with Gasteiger partial charge < -0.3 is 5.73 Å². The summed E-state index contributed by atoms with van der Waals surface area (Å²) >= 11 is 0. The van der Waals surface area contributed by atoms with Gasteiger partial charge in [-0.05, 0) is 27.7 Å². The van der Waals surface area contributed by atoms with Crippen LogP contribution in [-0.4, -0.2) is 24.0 Å². The average Bonchev–Trinajstić information content (AvgIpc) is 1.84. The summed E-state index contributed by atoms with van der Waals surface area (Å²) in [5, 5.41) is 0. The van der Waals surface area contributed by atoms with Crippen molar-refractivity contribution in [3.8, 4) is 0 Å². The zero-order chi connectivity index (χ0) is 9.08. The van der Waals surface area contributed by atoms with Crippen LogP contribution in [0.25, 0.3) is 0 Å². The largest absolute Gasteiger partial charge is 0.325 e. The Balaban J connectivity index is 3.20. The fraction of sp³-hybridized carbons (Fsp3) is 1.00. The number of nitrogens with two attached hydrogens (primary N) is 1. The third kappa shape index (κ3) is 0.693. The second kappa shape index (κ2) is 1.80. The lowest BCUT2D eigenvalue weighted by Crippen LogP contribution is -2.76. The fourth-order valence-corrected chi connectivity index (χ4v) is 4.22. The molecule has 0 radical (unpaired) electrons. The third-order valence-corrected chi connectivity index (χ3v) is 6.16. The van der Waals surface area contributed by atoms with Gasteiger partial charge in [0.2, 0.25) is 0 Å². The van der Waals surface area contributed by atoms with E-state index in [0.29, 0.717) is 0 Å². The monoisotopic (exact) mass is 177 g/mol. The van der Waals surface area contributed by atoms with Gasteiger partial charge in [-0.3, -0.25) is 0 Å². The summed E-state index contributed by atoms with van der Waals surface area (Å²) in [6, 6.07) is -0.250. The zero-order valence-corrected chi connectivity index (χ0v) is 8.20. The lowest BCUT2D eigenvalue weighted by Gasteiger charge is -2.54. The van der Waals surface area contributed by atoms with Crippen molar-refractivity contribution in [2.75, 3.05) is 0 Å². The molecule has 0 aliphatic carbocycles. The van der Waals surface area contributed by atoms with Crippen LogP contribution in [0.5, 0.6) is 0 Å². The molecule has 1 heterocycles. The SMILES string of the molecule is CC1(C)C(N)C(C)(C)S1(=O)=O. The van der Waals surface area contributed by atoms with Gasteiger partial charge in [0.25, 0.3) is 0 Å². The number of hydrogen-bond donors (Lipinski definition) is 1. The molecular formula is C7H15NO2S. The number of sulfone groups is 1. The van der Waals surface area contributed by atoms with Crippen LogP contribution in [0.2, 0.25) is 0 Å². The first-order chi connectivity index (χ1) is 4.65. The molecule has 0 aromatic heterocycles. The minimum atomic E-state index is -3.01. The Kier molecular flexibility index (Phi) is 1.47. The summed E-state index contributed by atoms with van der Waals surface area (Å²) < 4.78 is 21.6. The van der Waals surface area contributed by atoms with Gasteiger partial charge in [0, 0.05) is 6.04 Å². The Labute approximate surface area is 67.9 Å². The van der Waals surface area contributed by atoms with E-state index in [2.05, 4.69) is 0 Å². The zero-order valence-electron chi connectivity index (χ0n) is 7.38. The molecule has 4 heteroatoms. The molecule has 1 rings (SSSR count). The molecule has 2 N–H and O–H groups in total. The first-order valence-electron chi connectivity index (χ1n) is 3.65. The van der Waals surface area contributed by atoms with E-state index in [0.717, 1.165) is 0 Å². The van der Waals surface area contributed by atoms with Crippen LogP contribution in [-0.2, 0) is 9.84 Å². The van der Waals surface area contributed by atoms with Crippen LogP contribution >= 0.6 is 0 Å². The van der Waals surface area contributed by atoms with Crippen LogP contribution in [0.15, 0.2) is 0 Å². The van der Waals surface area contributed by atoms with Crippen molar-refractivity contribution in [1.29, 1.82) is 0 Å². The lowest BCUT2D eigenvalue weighted by atomic mass is 9.90. The van der Waals surface area contributed by atoms with Crippen LogP contribution in [0.3, 0.4) is 0 Å². The van der Waals surface area contributed by atoms with Crippen molar-refractivity contribution in [2.45, 2.75) is 43.2 Å². The standard InChI is InChI=1S/C7H15NO2S/c1-6(2)5(8)7(3,4)11(6,9)10/h5H,8H2,1-4H3. The maximum atomic E-state index is 11.5. The fourth-order valence-electron chi connectivity index (χ4n) is 1.79. The molecule has 1 aliphatic rings. The van der Waals surface area contributed by atoms with Crippen molar-refractivity contribution >= 4 is 9.84 Å². The van der Waals surface area contributed by atoms with E-state index in [1.807, 2.05) is 0 Å². The normalized spacial score (nSPS) is 32.8. The maximum absolute atomic E-state index is 11.5. The van der Waals surface area contributed by atoms with E-state index in [1.54, 1.807) is 27.7 Å². The Hall–Kier alpha value is -0.0900. The molecule has 1 saturated heterocycles. The van der Waals surface area contributed by atoms with Gasteiger partial charge in [-0.15, -0.1) is 0 Å². The van der Waals surface area contributed by atoms with Gasteiger partial charge in [0.05, 0.1) is 9.49 Å². The summed E-state index contributed by atoms with van der Waals surface area (Å²) in [7, 11) is -3.01. The van der Waals surface area contributed by atoms with Crippen molar-refractivity contribution in [3.05, 3.63) is 0 Å². The van der Waals surface area contributed by atoms with E-state index in [9.17, 15) is 8.42 Å². The van der Waals surface area contributed by atoms with E-state index in [4.69, 9.17) is 5.73 Å². The predicted molar refractivity (Wildman–Crippen MR) is 45.1 cm³/mol. The number of hydrogen-bond acceptors (Lipinski definition) is 3. The summed E-state index contributed by atoms with van der Waals surface area (Å²) in [6.45, 7) is 6.72. The maximum Gasteiger partial charge on any atom is 0.163 e. The number of rotatable bonds is 0. The molecule has 1 fully saturated rings. The molecule has 1 aliphatic heterocycles. The average molecular weight is 177 g/mol. The second-order valence-corrected chi connectivity index (χ2v) is 7.30. The van der Waals surface area contributed by atoms with E-state index < -0.39 is 19.3 Å². The first-order valence-corrected chi connectivity index (χ1v) is 5.14. The Morgan fingerprint density at radius 3 is 1.45 bits per heavy atom. The molecule has 0 amide bonds. The smallest absolute Gasteiger partial charge is 0.163 e. The molecule has 0 unspecified atom stereocenters. The molecule has 11 heavy (non-hydrogen) atoms. The van der Waals surface area contributed by atoms with E-state index >= 15 is 0 Å². The van der Waals surface area contributed by atoms with Crippen molar-refractivity contribution in [3.63, 3.8) is 0 Å². The molecular weight excluding hydrogens is 162 g/mol. The van der Waals surface area contributed by atoms with Gasteiger partial charge in [0.1, 0.15) is 0 Å². The Morgan fingerprint density at radius 1 is 1.09 bits per heavy atom. The highest BCUT2D eigenvalue weighted by Crippen LogP contribution is 2.46. The minimum absolute atomic E-state index is 0.250. The highest BCUT2D eigenvalue weighted by molar-refractivity contribution is 7.95. The molecule has 0 saturated carbocycles. The van der Waals surface area contributed by atoms with Crippen molar-refractivity contribution < 1.29 is 8.42 Å². The van der Waals surface area contributed by atoms with E-state index in [1.165, 1.54) is 0 Å². The minimum Gasteiger partial charge on any atom is -0.325 e. The van der Waals surface area contributed by atoms with Gasteiger partial charge in [-0.25, -0.2) is 8.42 Å². The summed E-state index contributed by atoms with van der Waals surface area (Å²) in [5.74, 6) is 0. The lowest BCUT2D eigenvalue weighted by molar-refractivity contribution is 0.332. The van der Waals surface area contributed by atoms with Crippen molar-refractivity contribution in [1.82, 2.24) is 0 Å². The molecule has 0 bridgehead atoms. The molecule has 0 spiro atoms. The molecule has 66 valence electrons. The molecule has 0 aromatic carbocycles. The van der Waals surface area contributed by atoms with Crippen LogP contribution in [0.1, 0.15) is 27.7 Å². The molecule has 0 aromatic rings. The second-order valence-electron chi connectivity index (χ2n) is 4.19.